The molecular formula is C24H24Cl2N2O4S. The van der Waals surface area contributed by atoms with Gasteiger partial charge in [0.1, 0.15) is 5.75 Å². The SMILES string of the molecule is Cc1cc(C)c(C)c(O[C@@H](C)C(=O)Nc2ccc(S(=O)(=O)Nc3cc(Cl)cc(Cl)c3)cc2)c1. The highest BCUT2D eigenvalue weighted by Gasteiger charge is 2.18. The first-order valence-electron chi connectivity index (χ1n) is 10.1. The molecule has 0 fully saturated rings. The zero-order chi connectivity index (χ0) is 24.3. The number of rotatable bonds is 7. The van der Waals surface area contributed by atoms with Gasteiger partial charge in [0.05, 0.1) is 10.6 Å². The third-order valence-electron chi connectivity index (χ3n) is 4.98. The topological polar surface area (TPSA) is 84.5 Å². The van der Waals surface area contributed by atoms with Crippen molar-refractivity contribution in [1.82, 2.24) is 0 Å². The van der Waals surface area contributed by atoms with E-state index in [-0.39, 0.29) is 16.5 Å². The highest BCUT2D eigenvalue weighted by atomic mass is 35.5. The molecule has 174 valence electrons. The number of carbonyl (C=O) groups excluding carboxylic acids is 1. The lowest BCUT2D eigenvalue weighted by Crippen LogP contribution is -2.30. The van der Waals surface area contributed by atoms with E-state index in [4.69, 9.17) is 27.9 Å². The molecule has 0 spiro atoms. The van der Waals surface area contributed by atoms with Crippen LogP contribution in [0.5, 0.6) is 5.75 Å². The molecule has 0 aliphatic rings. The van der Waals surface area contributed by atoms with Gasteiger partial charge in [-0.3, -0.25) is 9.52 Å². The number of sulfonamides is 1. The van der Waals surface area contributed by atoms with Crippen LogP contribution in [0.2, 0.25) is 10.0 Å². The van der Waals surface area contributed by atoms with Crippen LogP contribution in [-0.2, 0) is 14.8 Å². The summed E-state index contributed by atoms with van der Waals surface area (Å²) in [5.41, 5.74) is 3.80. The summed E-state index contributed by atoms with van der Waals surface area (Å²) < 4.78 is 33.6. The lowest BCUT2D eigenvalue weighted by Gasteiger charge is -2.18. The highest BCUT2D eigenvalue weighted by Crippen LogP contribution is 2.26. The van der Waals surface area contributed by atoms with E-state index in [0.717, 1.165) is 16.7 Å². The molecule has 6 nitrogen and oxygen atoms in total. The number of hydrogen-bond acceptors (Lipinski definition) is 4. The molecule has 3 aromatic carbocycles. The fourth-order valence-electron chi connectivity index (χ4n) is 3.16. The van der Waals surface area contributed by atoms with Gasteiger partial charge < -0.3 is 10.1 Å². The zero-order valence-corrected chi connectivity index (χ0v) is 20.9. The van der Waals surface area contributed by atoms with Gasteiger partial charge in [-0.1, -0.05) is 29.3 Å². The number of amides is 1. The number of halogens is 2. The first kappa shape index (κ1) is 24.9. The van der Waals surface area contributed by atoms with Crippen LogP contribution in [-0.4, -0.2) is 20.4 Å². The second-order valence-electron chi connectivity index (χ2n) is 7.74. The minimum atomic E-state index is -3.87. The van der Waals surface area contributed by atoms with E-state index in [1.807, 2.05) is 26.8 Å². The summed E-state index contributed by atoms with van der Waals surface area (Å²) in [7, 11) is -3.87. The lowest BCUT2D eigenvalue weighted by molar-refractivity contribution is -0.122. The maximum absolute atomic E-state index is 12.7. The Morgan fingerprint density at radius 1 is 0.909 bits per heavy atom. The molecule has 0 heterocycles. The average molecular weight is 507 g/mol. The summed E-state index contributed by atoms with van der Waals surface area (Å²) in [5.74, 6) is 0.305. The molecule has 0 radical (unpaired) electrons. The number of benzene rings is 3. The Kier molecular flexibility index (Phi) is 7.57. The van der Waals surface area contributed by atoms with Crippen LogP contribution in [0.3, 0.4) is 0 Å². The summed E-state index contributed by atoms with van der Waals surface area (Å²) >= 11 is 11.9. The van der Waals surface area contributed by atoms with E-state index in [1.54, 1.807) is 6.92 Å². The molecule has 2 N–H and O–H groups in total. The second-order valence-corrected chi connectivity index (χ2v) is 10.3. The highest BCUT2D eigenvalue weighted by molar-refractivity contribution is 7.92. The number of anilines is 2. The van der Waals surface area contributed by atoms with Crippen molar-refractivity contribution in [2.75, 3.05) is 10.0 Å². The minimum absolute atomic E-state index is 0.0201. The van der Waals surface area contributed by atoms with E-state index in [9.17, 15) is 13.2 Å². The van der Waals surface area contributed by atoms with E-state index >= 15 is 0 Å². The van der Waals surface area contributed by atoms with Gasteiger partial charge in [0.15, 0.2) is 6.10 Å². The Bertz CT molecular complexity index is 1270. The van der Waals surface area contributed by atoms with Crippen LogP contribution in [0.1, 0.15) is 23.6 Å². The average Bonchev–Trinajstić information content (AvgIpc) is 2.70. The monoisotopic (exact) mass is 506 g/mol. The largest absolute Gasteiger partial charge is 0.481 e. The molecule has 0 aromatic heterocycles. The quantitative estimate of drug-likeness (QED) is 0.403. The lowest BCUT2D eigenvalue weighted by atomic mass is 10.1. The van der Waals surface area contributed by atoms with Crippen LogP contribution >= 0.6 is 23.2 Å². The van der Waals surface area contributed by atoms with Crippen LogP contribution in [0.15, 0.2) is 59.5 Å². The van der Waals surface area contributed by atoms with Gasteiger partial charge in [-0.25, -0.2) is 8.42 Å². The van der Waals surface area contributed by atoms with Crippen molar-refractivity contribution in [3.8, 4) is 5.75 Å². The number of carbonyl (C=O) groups is 1. The maximum Gasteiger partial charge on any atom is 0.265 e. The van der Waals surface area contributed by atoms with Gasteiger partial charge in [0.2, 0.25) is 0 Å². The third-order valence-corrected chi connectivity index (χ3v) is 6.82. The van der Waals surface area contributed by atoms with Crippen molar-refractivity contribution in [2.24, 2.45) is 0 Å². The Labute approximate surface area is 203 Å². The fourth-order valence-corrected chi connectivity index (χ4v) is 4.72. The van der Waals surface area contributed by atoms with Gasteiger partial charge in [-0.15, -0.1) is 0 Å². The van der Waals surface area contributed by atoms with Crippen molar-refractivity contribution >= 4 is 50.5 Å². The summed E-state index contributed by atoms with van der Waals surface area (Å²) in [5, 5.41) is 3.36. The molecule has 3 aromatic rings. The van der Waals surface area contributed by atoms with E-state index in [0.29, 0.717) is 21.5 Å². The first-order valence-corrected chi connectivity index (χ1v) is 12.3. The van der Waals surface area contributed by atoms with Crippen molar-refractivity contribution < 1.29 is 17.9 Å². The molecule has 33 heavy (non-hydrogen) atoms. The number of nitrogens with one attached hydrogen (secondary N) is 2. The van der Waals surface area contributed by atoms with Crippen LogP contribution in [0.4, 0.5) is 11.4 Å². The van der Waals surface area contributed by atoms with E-state index in [1.165, 1.54) is 42.5 Å². The van der Waals surface area contributed by atoms with Crippen molar-refractivity contribution in [2.45, 2.75) is 38.7 Å². The Morgan fingerprint density at radius 3 is 2.12 bits per heavy atom. The van der Waals surface area contributed by atoms with Gasteiger partial charge in [-0.05, 0) is 92.9 Å². The molecular weight excluding hydrogens is 483 g/mol. The predicted molar refractivity (Wildman–Crippen MR) is 133 cm³/mol. The summed E-state index contributed by atoms with van der Waals surface area (Å²) in [6.07, 6.45) is -0.748. The Hall–Kier alpha value is -2.74. The first-order chi connectivity index (χ1) is 15.4. The number of aryl methyl sites for hydroxylation is 2. The summed E-state index contributed by atoms with van der Waals surface area (Å²) in [4.78, 5) is 12.6. The van der Waals surface area contributed by atoms with Gasteiger partial charge in [0, 0.05) is 15.7 Å². The molecule has 1 amide bonds. The van der Waals surface area contributed by atoms with Crippen molar-refractivity contribution in [3.05, 3.63) is 81.3 Å². The molecule has 0 unspecified atom stereocenters. The molecule has 0 saturated carbocycles. The molecule has 9 heteroatoms. The minimum Gasteiger partial charge on any atom is -0.481 e. The zero-order valence-electron chi connectivity index (χ0n) is 18.6. The normalized spacial score (nSPS) is 12.2. The Balaban J connectivity index is 1.68. The van der Waals surface area contributed by atoms with Crippen molar-refractivity contribution in [3.63, 3.8) is 0 Å². The standard InChI is InChI=1S/C24H24Cl2N2O4S/c1-14-9-15(2)16(3)23(10-14)32-17(4)24(29)27-20-5-7-22(8-6-20)33(30,31)28-21-12-18(25)11-19(26)13-21/h5-13,17,28H,1-4H3,(H,27,29)/t17-/m0/s1. The summed E-state index contributed by atoms with van der Waals surface area (Å²) in [6, 6.07) is 14.2. The van der Waals surface area contributed by atoms with Crippen molar-refractivity contribution in [1.29, 1.82) is 0 Å². The molecule has 0 saturated heterocycles. The Morgan fingerprint density at radius 2 is 1.52 bits per heavy atom. The maximum atomic E-state index is 12.7. The predicted octanol–water partition coefficient (Wildman–Crippen LogP) is 6.13. The van der Waals surface area contributed by atoms with Crippen LogP contribution in [0, 0.1) is 20.8 Å². The smallest absolute Gasteiger partial charge is 0.265 e. The fraction of sp³-hybridized carbons (Fsp3) is 0.208. The van der Waals surface area contributed by atoms with Gasteiger partial charge >= 0.3 is 0 Å². The van der Waals surface area contributed by atoms with Crippen LogP contribution in [0.25, 0.3) is 0 Å². The molecule has 0 aliphatic heterocycles. The molecule has 3 rings (SSSR count). The third kappa shape index (κ3) is 6.41. The van der Waals surface area contributed by atoms with Crippen LogP contribution < -0.4 is 14.8 Å². The van der Waals surface area contributed by atoms with E-state index < -0.39 is 16.1 Å². The second kappa shape index (κ2) is 10.0. The molecule has 1 atom stereocenters. The molecule has 0 bridgehead atoms. The van der Waals surface area contributed by atoms with Gasteiger partial charge in [-0.2, -0.15) is 0 Å². The summed E-state index contributed by atoms with van der Waals surface area (Å²) in [6.45, 7) is 7.56. The number of ether oxygens (including phenoxy) is 1. The molecule has 0 aliphatic carbocycles. The van der Waals surface area contributed by atoms with Gasteiger partial charge in [0.25, 0.3) is 15.9 Å². The number of hydrogen-bond donors (Lipinski definition) is 2. The van der Waals surface area contributed by atoms with E-state index in [2.05, 4.69) is 16.1 Å².